The van der Waals surface area contributed by atoms with Crippen molar-refractivity contribution in [3.8, 4) is 22.8 Å². The molecular weight excluding hydrogens is 460 g/mol. The van der Waals surface area contributed by atoms with Gasteiger partial charge in [-0.05, 0) is 30.3 Å². The number of carbonyl (C=O) groups is 1. The first-order valence-electron chi connectivity index (χ1n) is 10.6. The Morgan fingerprint density at radius 3 is 2.54 bits per heavy atom. The zero-order valence-electron chi connectivity index (χ0n) is 18.4. The number of rotatable bonds is 6. The van der Waals surface area contributed by atoms with Crippen molar-refractivity contribution in [2.75, 3.05) is 18.9 Å². The maximum atomic E-state index is 12.9. The Kier molecular flexibility index (Phi) is 5.65. The van der Waals surface area contributed by atoms with Crippen LogP contribution in [0.4, 0.5) is 20.4 Å². The first-order chi connectivity index (χ1) is 16.8. The predicted molar refractivity (Wildman–Crippen MR) is 119 cm³/mol. The summed E-state index contributed by atoms with van der Waals surface area (Å²) in [4.78, 5) is 30.5. The van der Waals surface area contributed by atoms with Gasteiger partial charge >= 0.3 is 0 Å². The van der Waals surface area contributed by atoms with Crippen LogP contribution in [-0.4, -0.2) is 54.6 Å². The Hall–Kier alpha value is -4.32. The summed E-state index contributed by atoms with van der Waals surface area (Å²) < 4.78 is 31.1. The van der Waals surface area contributed by atoms with E-state index in [1.165, 1.54) is 35.5 Å². The molecule has 12 heteroatoms. The number of anilines is 2. The molecule has 1 unspecified atom stereocenters. The number of nitrogens with zero attached hydrogens (tertiary/aromatic N) is 6. The second kappa shape index (κ2) is 8.80. The third-order valence-electron chi connectivity index (χ3n) is 5.62. The van der Waals surface area contributed by atoms with Gasteiger partial charge in [0.2, 0.25) is 11.5 Å². The smallest absolute Gasteiger partial charge is 0.280 e. The lowest BCUT2D eigenvalue weighted by atomic mass is 9.98. The van der Waals surface area contributed by atoms with E-state index in [9.17, 15) is 18.7 Å². The van der Waals surface area contributed by atoms with Crippen molar-refractivity contribution in [1.82, 2.24) is 30.0 Å². The van der Waals surface area contributed by atoms with Crippen LogP contribution in [0.25, 0.3) is 22.8 Å². The number of amides is 1. The summed E-state index contributed by atoms with van der Waals surface area (Å²) in [5.74, 6) is -0.197. The van der Waals surface area contributed by atoms with E-state index < -0.39 is 17.9 Å². The fourth-order valence-corrected chi connectivity index (χ4v) is 3.73. The van der Waals surface area contributed by atoms with E-state index in [2.05, 4.69) is 30.4 Å². The molecule has 5 rings (SSSR count). The molecule has 0 saturated carbocycles. The van der Waals surface area contributed by atoms with Crippen molar-refractivity contribution >= 4 is 17.5 Å². The molecule has 1 aliphatic heterocycles. The molecule has 0 bridgehead atoms. The molecular formula is C23H19F2N7O3. The highest BCUT2D eigenvalue weighted by Crippen LogP contribution is 2.34. The molecule has 178 valence electrons. The molecule has 5 heterocycles. The van der Waals surface area contributed by atoms with Crippen LogP contribution in [-0.2, 0) is 10.4 Å². The monoisotopic (exact) mass is 479 g/mol. The van der Waals surface area contributed by atoms with Gasteiger partial charge in [-0.25, -0.2) is 23.7 Å². The summed E-state index contributed by atoms with van der Waals surface area (Å²) in [7, 11) is 1.61. The van der Waals surface area contributed by atoms with Crippen LogP contribution in [0.1, 0.15) is 24.3 Å². The number of likely N-dealkylation sites (N-methyl/N-ethyl adjacent to an activating group) is 1. The molecule has 4 aromatic rings. The summed E-state index contributed by atoms with van der Waals surface area (Å²) in [6, 6.07) is 11.1. The maximum absolute atomic E-state index is 12.9. The highest BCUT2D eigenvalue weighted by atomic mass is 19.3. The first-order valence-corrected chi connectivity index (χ1v) is 10.6. The minimum Gasteiger partial charge on any atom is -0.373 e. The highest BCUT2D eigenvalue weighted by molar-refractivity contribution is 5.87. The van der Waals surface area contributed by atoms with Crippen LogP contribution >= 0.6 is 0 Å². The number of carbonyl (C=O) groups excluding carboxylic acids is 1. The number of hydrogen-bond donors (Lipinski definition) is 2. The van der Waals surface area contributed by atoms with Crippen LogP contribution in [0.2, 0.25) is 0 Å². The molecule has 1 aliphatic rings. The van der Waals surface area contributed by atoms with Crippen LogP contribution in [0.3, 0.4) is 0 Å². The molecule has 2 N–H and O–H groups in total. The first kappa shape index (κ1) is 22.5. The van der Waals surface area contributed by atoms with Gasteiger partial charge in [0.15, 0.2) is 5.76 Å². The number of alkyl halides is 2. The van der Waals surface area contributed by atoms with Crippen molar-refractivity contribution in [3.63, 3.8) is 0 Å². The normalized spacial score (nSPS) is 17.9. The molecule has 4 aromatic heterocycles. The fraction of sp³-hybridized carbons (Fsp3) is 0.217. The van der Waals surface area contributed by atoms with E-state index in [0.29, 0.717) is 35.0 Å². The van der Waals surface area contributed by atoms with Gasteiger partial charge in [0.05, 0.1) is 17.1 Å². The van der Waals surface area contributed by atoms with E-state index in [1.807, 2.05) is 0 Å². The van der Waals surface area contributed by atoms with E-state index >= 15 is 0 Å². The Morgan fingerprint density at radius 1 is 1.06 bits per heavy atom. The number of pyridine rings is 2. The van der Waals surface area contributed by atoms with Gasteiger partial charge in [0.25, 0.3) is 12.3 Å². The van der Waals surface area contributed by atoms with Gasteiger partial charge in [-0.15, -0.1) is 0 Å². The molecule has 0 aromatic carbocycles. The van der Waals surface area contributed by atoms with Gasteiger partial charge in [0, 0.05) is 44.2 Å². The largest absolute Gasteiger partial charge is 0.373 e. The summed E-state index contributed by atoms with van der Waals surface area (Å²) in [6.07, 6.45) is 0.303. The fourth-order valence-electron chi connectivity index (χ4n) is 3.73. The van der Waals surface area contributed by atoms with Gasteiger partial charge in [-0.1, -0.05) is 11.2 Å². The van der Waals surface area contributed by atoms with Crippen LogP contribution in [0.5, 0.6) is 0 Å². The molecule has 1 fully saturated rings. The minimum absolute atomic E-state index is 0.0584. The molecule has 1 atom stereocenters. The lowest BCUT2D eigenvalue weighted by Gasteiger charge is -2.16. The Balaban J connectivity index is 1.40. The van der Waals surface area contributed by atoms with Crippen LogP contribution in [0.15, 0.2) is 59.4 Å². The van der Waals surface area contributed by atoms with Gasteiger partial charge in [-0.3, -0.25) is 9.78 Å². The van der Waals surface area contributed by atoms with Crippen LogP contribution in [0, 0.1) is 0 Å². The summed E-state index contributed by atoms with van der Waals surface area (Å²) in [5.41, 5.74) is 0.0305. The quantitative estimate of drug-likeness (QED) is 0.428. The number of hydrogen-bond acceptors (Lipinski definition) is 9. The Labute approximate surface area is 197 Å². The summed E-state index contributed by atoms with van der Waals surface area (Å²) >= 11 is 0. The molecule has 35 heavy (non-hydrogen) atoms. The maximum Gasteiger partial charge on any atom is 0.280 e. The predicted octanol–water partition coefficient (Wildman–Crippen LogP) is 3.32. The minimum atomic E-state index is -2.69. The van der Waals surface area contributed by atoms with E-state index in [4.69, 9.17) is 4.52 Å². The number of nitrogens with one attached hydrogen (secondary N) is 1. The van der Waals surface area contributed by atoms with Crippen molar-refractivity contribution in [3.05, 3.63) is 66.3 Å². The van der Waals surface area contributed by atoms with E-state index in [-0.39, 0.29) is 23.8 Å². The number of halogens is 2. The molecule has 0 aliphatic carbocycles. The topological polar surface area (TPSA) is 130 Å². The van der Waals surface area contributed by atoms with E-state index in [1.54, 1.807) is 31.3 Å². The highest BCUT2D eigenvalue weighted by Gasteiger charge is 2.48. The van der Waals surface area contributed by atoms with Crippen molar-refractivity contribution in [2.24, 2.45) is 0 Å². The Morgan fingerprint density at radius 2 is 1.80 bits per heavy atom. The van der Waals surface area contributed by atoms with Gasteiger partial charge in [-0.2, -0.15) is 0 Å². The van der Waals surface area contributed by atoms with Gasteiger partial charge in [0.1, 0.15) is 11.4 Å². The number of aromatic nitrogens is 5. The molecule has 0 spiro atoms. The zero-order valence-corrected chi connectivity index (χ0v) is 18.4. The van der Waals surface area contributed by atoms with Crippen molar-refractivity contribution in [1.29, 1.82) is 0 Å². The van der Waals surface area contributed by atoms with E-state index in [0.717, 1.165) is 0 Å². The van der Waals surface area contributed by atoms with Crippen molar-refractivity contribution in [2.45, 2.75) is 18.4 Å². The standard InChI is InChI=1S/C23H19F2N7O3/c1-32-10-7-23(34,21(32)33)19-12-17(31-35-19)15-4-2-3-14(29-15)16-6-9-27-22(30-16)28-13-5-8-26-18(11-13)20(24)25/h2-6,8-9,11-12,20,34H,7,10H2,1H3,(H,26,27,28,30). The lowest BCUT2D eigenvalue weighted by Crippen LogP contribution is -2.35. The molecule has 0 radical (unpaired) electrons. The average molecular weight is 479 g/mol. The molecule has 1 saturated heterocycles. The SMILES string of the molecule is CN1CCC(O)(c2cc(-c3cccc(-c4ccnc(Nc5ccnc(C(F)F)c5)n4)n3)no2)C1=O. The summed E-state index contributed by atoms with van der Waals surface area (Å²) in [5, 5.41) is 17.7. The lowest BCUT2D eigenvalue weighted by molar-refractivity contribution is -0.144. The third kappa shape index (κ3) is 4.30. The second-order valence-electron chi connectivity index (χ2n) is 7.98. The molecule has 1 amide bonds. The summed E-state index contributed by atoms with van der Waals surface area (Å²) in [6.45, 7) is 0.409. The second-order valence-corrected chi connectivity index (χ2v) is 7.98. The zero-order chi connectivity index (χ0) is 24.6. The number of likely N-dealkylation sites (tertiary alicyclic amines) is 1. The van der Waals surface area contributed by atoms with Crippen molar-refractivity contribution < 1.29 is 23.2 Å². The number of aliphatic hydroxyl groups is 1. The van der Waals surface area contributed by atoms with Crippen LogP contribution < -0.4 is 5.32 Å². The third-order valence-corrected chi connectivity index (χ3v) is 5.62. The van der Waals surface area contributed by atoms with Gasteiger partial charge < -0.3 is 19.8 Å². The molecule has 10 nitrogen and oxygen atoms in total. The average Bonchev–Trinajstić information content (AvgIpc) is 3.47. The Bertz CT molecular complexity index is 1400.